The van der Waals surface area contributed by atoms with Gasteiger partial charge in [0.05, 0.1) is 7.11 Å². The quantitative estimate of drug-likeness (QED) is 0.615. The van der Waals surface area contributed by atoms with Gasteiger partial charge < -0.3 is 4.74 Å². The van der Waals surface area contributed by atoms with E-state index in [1.165, 1.54) is 11.3 Å². The van der Waals surface area contributed by atoms with E-state index in [-0.39, 0.29) is 5.78 Å². The number of benzene rings is 1. The van der Waals surface area contributed by atoms with E-state index < -0.39 is 0 Å². The Morgan fingerprint density at radius 3 is 2.82 bits per heavy atom. The van der Waals surface area contributed by atoms with Gasteiger partial charge in [0.25, 0.3) is 0 Å². The summed E-state index contributed by atoms with van der Waals surface area (Å²) in [5.41, 5.74) is 1.86. The van der Waals surface area contributed by atoms with E-state index >= 15 is 0 Å². The highest BCUT2D eigenvalue weighted by molar-refractivity contribution is 14.1. The van der Waals surface area contributed by atoms with Crippen LogP contribution in [0.15, 0.2) is 29.6 Å². The zero-order valence-corrected chi connectivity index (χ0v) is 12.5. The van der Waals surface area contributed by atoms with Crippen LogP contribution in [0.1, 0.15) is 20.8 Å². The number of hydrogen-bond donors (Lipinski definition) is 0. The van der Waals surface area contributed by atoms with Crippen molar-refractivity contribution in [2.24, 2.45) is 0 Å². The minimum Gasteiger partial charge on any atom is -0.495 e. The molecule has 0 aliphatic heterocycles. The molecule has 0 saturated carbocycles. The molecule has 0 atom stereocenters. The smallest absolute Gasteiger partial charge is 0.207 e. The largest absolute Gasteiger partial charge is 0.495 e. The number of hydrogen-bond acceptors (Lipinski definition) is 3. The molecule has 4 heteroatoms. The van der Waals surface area contributed by atoms with E-state index in [0.717, 1.165) is 14.7 Å². The summed E-state index contributed by atoms with van der Waals surface area (Å²) < 4.78 is 6.19. The van der Waals surface area contributed by atoms with Crippen LogP contribution in [0.5, 0.6) is 5.75 Å². The number of rotatable bonds is 3. The van der Waals surface area contributed by atoms with Gasteiger partial charge in [-0.25, -0.2) is 0 Å². The van der Waals surface area contributed by atoms with Gasteiger partial charge in [0.2, 0.25) is 5.78 Å². The SMILES string of the molecule is COc1ccsc1C(=O)c1cccc(C)c1I. The molecule has 0 radical (unpaired) electrons. The van der Waals surface area contributed by atoms with E-state index in [2.05, 4.69) is 22.6 Å². The third kappa shape index (κ3) is 2.37. The van der Waals surface area contributed by atoms with Crippen molar-refractivity contribution in [3.05, 3.63) is 49.2 Å². The third-order valence-electron chi connectivity index (χ3n) is 2.49. The van der Waals surface area contributed by atoms with Crippen molar-refractivity contribution < 1.29 is 9.53 Å². The molecule has 0 N–H and O–H groups in total. The van der Waals surface area contributed by atoms with Gasteiger partial charge in [0.15, 0.2) is 0 Å². The lowest BCUT2D eigenvalue weighted by Gasteiger charge is -2.06. The summed E-state index contributed by atoms with van der Waals surface area (Å²) in [5, 5.41) is 1.87. The molecule has 0 aliphatic rings. The Hall–Kier alpha value is -0.880. The number of ketones is 1. The standard InChI is InChI=1S/C13H11IO2S/c1-8-4-3-5-9(11(8)14)12(15)13-10(16-2)6-7-17-13/h3-7H,1-2H3. The predicted molar refractivity (Wildman–Crippen MR) is 78.2 cm³/mol. The lowest BCUT2D eigenvalue weighted by atomic mass is 10.1. The molecule has 88 valence electrons. The van der Waals surface area contributed by atoms with Crippen LogP contribution in [-0.4, -0.2) is 12.9 Å². The number of carbonyl (C=O) groups excluding carboxylic acids is 1. The molecular weight excluding hydrogens is 347 g/mol. The van der Waals surface area contributed by atoms with Crippen molar-refractivity contribution >= 4 is 39.7 Å². The average molecular weight is 358 g/mol. The molecule has 1 aromatic carbocycles. The van der Waals surface area contributed by atoms with E-state index in [4.69, 9.17) is 4.74 Å². The fourth-order valence-corrected chi connectivity index (χ4v) is 2.99. The highest BCUT2D eigenvalue weighted by Gasteiger charge is 2.18. The Labute approximate surface area is 118 Å². The summed E-state index contributed by atoms with van der Waals surface area (Å²) in [6.45, 7) is 2.00. The van der Waals surface area contributed by atoms with Crippen LogP contribution in [0.2, 0.25) is 0 Å². The highest BCUT2D eigenvalue weighted by atomic mass is 127. The van der Waals surface area contributed by atoms with Gasteiger partial charge in [-0.3, -0.25) is 4.79 Å². The first-order chi connectivity index (χ1) is 8.15. The van der Waals surface area contributed by atoms with E-state index in [9.17, 15) is 4.79 Å². The zero-order valence-electron chi connectivity index (χ0n) is 9.49. The first-order valence-corrected chi connectivity index (χ1v) is 7.02. The summed E-state index contributed by atoms with van der Waals surface area (Å²) in [5.74, 6) is 0.683. The second-order valence-corrected chi connectivity index (χ2v) is 5.58. The molecule has 2 rings (SSSR count). The normalized spacial score (nSPS) is 10.3. The monoisotopic (exact) mass is 358 g/mol. The zero-order chi connectivity index (χ0) is 12.4. The molecule has 0 bridgehead atoms. The first kappa shape index (κ1) is 12.6. The van der Waals surface area contributed by atoms with Crippen LogP contribution in [-0.2, 0) is 0 Å². The molecule has 2 aromatic rings. The molecular formula is C13H11IO2S. The topological polar surface area (TPSA) is 26.3 Å². The number of halogens is 1. The molecule has 1 aromatic heterocycles. The number of methoxy groups -OCH3 is 1. The Morgan fingerprint density at radius 1 is 1.35 bits per heavy atom. The van der Waals surface area contributed by atoms with Gasteiger partial charge in [0.1, 0.15) is 10.6 Å². The second-order valence-electron chi connectivity index (χ2n) is 3.58. The number of carbonyl (C=O) groups is 1. The van der Waals surface area contributed by atoms with Crippen LogP contribution >= 0.6 is 33.9 Å². The second kappa shape index (κ2) is 5.18. The van der Waals surface area contributed by atoms with Crippen LogP contribution in [0.3, 0.4) is 0 Å². The molecule has 0 aliphatic carbocycles. The average Bonchev–Trinajstić information content (AvgIpc) is 2.80. The van der Waals surface area contributed by atoms with Crippen molar-refractivity contribution in [3.63, 3.8) is 0 Å². The van der Waals surface area contributed by atoms with Crippen molar-refractivity contribution in [3.8, 4) is 5.75 Å². The minimum absolute atomic E-state index is 0.0324. The van der Waals surface area contributed by atoms with Gasteiger partial charge in [-0.15, -0.1) is 11.3 Å². The van der Waals surface area contributed by atoms with Gasteiger partial charge in [0, 0.05) is 9.13 Å². The van der Waals surface area contributed by atoms with Crippen molar-refractivity contribution in [1.82, 2.24) is 0 Å². The maximum Gasteiger partial charge on any atom is 0.207 e. The van der Waals surface area contributed by atoms with Crippen LogP contribution in [0.4, 0.5) is 0 Å². The summed E-state index contributed by atoms with van der Waals surface area (Å²) in [4.78, 5) is 13.0. The summed E-state index contributed by atoms with van der Waals surface area (Å²) in [6.07, 6.45) is 0. The van der Waals surface area contributed by atoms with Crippen LogP contribution in [0, 0.1) is 10.5 Å². The molecule has 17 heavy (non-hydrogen) atoms. The van der Waals surface area contributed by atoms with Crippen molar-refractivity contribution in [2.45, 2.75) is 6.92 Å². The molecule has 1 heterocycles. The molecule has 0 unspecified atom stereocenters. The van der Waals surface area contributed by atoms with Crippen molar-refractivity contribution in [2.75, 3.05) is 7.11 Å². The van der Waals surface area contributed by atoms with Crippen LogP contribution < -0.4 is 4.74 Å². The van der Waals surface area contributed by atoms with E-state index in [1.54, 1.807) is 7.11 Å². The Bertz CT molecular complexity index is 560. The first-order valence-electron chi connectivity index (χ1n) is 5.06. The number of aryl methyl sites for hydroxylation is 1. The lowest BCUT2D eigenvalue weighted by molar-refractivity contribution is 0.103. The Morgan fingerprint density at radius 2 is 2.12 bits per heavy atom. The van der Waals surface area contributed by atoms with E-state index in [0.29, 0.717) is 10.6 Å². The van der Waals surface area contributed by atoms with Crippen LogP contribution in [0.25, 0.3) is 0 Å². The fraction of sp³-hybridized carbons (Fsp3) is 0.154. The van der Waals surface area contributed by atoms with Gasteiger partial charge in [-0.2, -0.15) is 0 Å². The van der Waals surface area contributed by atoms with Gasteiger partial charge in [-0.1, -0.05) is 12.1 Å². The predicted octanol–water partition coefficient (Wildman–Crippen LogP) is 3.90. The summed E-state index contributed by atoms with van der Waals surface area (Å²) in [7, 11) is 1.58. The van der Waals surface area contributed by atoms with Crippen molar-refractivity contribution in [1.29, 1.82) is 0 Å². The summed E-state index contributed by atoms with van der Waals surface area (Å²) in [6, 6.07) is 7.59. The van der Waals surface area contributed by atoms with Gasteiger partial charge in [-0.05, 0) is 52.6 Å². The molecule has 2 nitrogen and oxygen atoms in total. The highest BCUT2D eigenvalue weighted by Crippen LogP contribution is 2.29. The molecule has 0 fully saturated rings. The number of ether oxygens (including phenoxy) is 1. The Balaban J connectivity index is 2.48. The minimum atomic E-state index is 0.0324. The maximum absolute atomic E-state index is 12.4. The van der Waals surface area contributed by atoms with Gasteiger partial charge >= 0.3 is 0 Å². The summed E-state index contributed by atoms with van der Waals surface area (Å²) >= 11 is 3.63. The van der Waals surface area contributed by atoms with E-state index in [1.807, 2.05) is 36.6 Å². The lowest BCUT2D eigenvalue weighted by Crippen LogP contribution is -2.04. The molecule has 0 saturated heterocycles. The number of thiophene rings is 1. The maximum atomic E-state index is 12.4. The Kier molecular flexibility index (Phi) is 3.83. The molecule has 0 spiro atoms. The third-order valence-corrected chi connectivity index (χ3v) is 4.82. The molecule has 0 amide bonds. The fourth-order valence-electron chi connectivity index (χ4n) is 1.57.